The van der Waals surface area contributed by atoms with E-state index in [1.165, 1.54) is 30.1 Å². The average Bonchev–Trinajstić information content (AvgIpc) is 2.58. The van der Waals surface area contributed by atoms with Gasteiger partial charge in [0.05, 0.1) is 11.5 Å². The van der Waals surface area contributed by atoms with E-state index < -0.39 is 22.5 Å². The summed E-state index contributed by atoms with van der Waals surface area (Å²) in [5.74, 6) is -0.752. The number of rotatable bonds is 6. The topological polar surface area (TPSA) is 81.4 Å². The highest BCUT2D eigenvalue weighted by Crippen LogP contribution is 2.37. The van der Waals surface area contributed by atoms with Gasteiger partial charge in [0.2, 0.25) is 11.8 Å². The van der Waals surface area contributed by atoms with Crippen molar-refractivity contribution >= 4 is 17.3 Å². The summed E-state index contributed by atoms with van der Waals surface area (Å²) >= 11 is 0. The highest BCUT2D eigenvalue weighted by atomic mass is 19.4. The van der Waals surface area contributed by atoms with Crippen LogP contribution < -0.4 is 9.64 Å². The van der Waals surface area contributed by atoms with Gasteiger partial charge in [-0.25, -0.2) is 4.98 Å². The normalized spacial score (nSPS) is 11.2. The Labute approximate surface area is 141 Å². The van der Waals surface area contributed by atoms with Gasteiger partial charge in [-0.15, -0.1) is 0 Å². The molecule has 0 spiro atoms. The molecule has 0 atom stereocenters. The van der Waals surface area contributed by atoms with E-state index in [2.05, 4.69) is 9.97 Å². The van der Waals surface area contributed by atoms with E-state index in [9.17, 15) is 23.3 Å². The number of alkyl halides is 3. The third kappa shape index (κ3) is 4.14. The first kappa shape index (κ1) is 18.4. The highest BCUT2D eigenvalue weighted by molar-refractivity contribution is 5.68. The van der Waals surface area contributed by atoms with Gasteiger partial charge in [0.1, 0.15) is 11.3 Å². The van der Waals surface area contributed by atoms with Crippen molar-refractivity contribution in [1.82, 2.24) is 9.97 Å². The smallest absolute Gasteiger partial charge is 0.423 e. The number of hydrogen-bond acceptors (Lipinski definition) is 6. The van der Waals surface area contributed by atoms with Crippen LogP contribution >= 0.6 is 0 Å². The van der Waals surface area contributed by atoms with Gasteiger partial charge in [-0.3, -0.25) is 10.1 Å². The molecule has 0 saturated carbocycles. The summed E-state index contributed by atoms with van der Waals surface area (Å²) in [4.78, 5) is 19.2. The lowest BCUT2D eigenvalue weighted by molar-refractivity contribution is -0.384. The number of para-hydroxylation sites is 2. The Morgan fingerprint density at radius 1 is 1.32 bits per heavy atom. The quantitative estimate of drug-likeness (QED) is 0.576. The van der Waals surface area contributed by atoms with Crippen molar-refractivity contribution in [2.75, 3.05) is 18.6 Å². The molecule has 1 aromatic carbocycles. The molecule has 25 heavy (non-hydrogen) atoms. The third-order valence-electron chi connectivity index (χ3n) is 3.23. The molecule has 0 fully saturated rings. The van der Waals surface area contributed by atoms with E-state index in [0.717, 1.165) is 0 Å². The van der Waals surface area contributed by atoms with Crippen molar-refractivity contribution in [2.45, 2.75) is 19.5 Å². The van der Waals surface area contributed by atoms with E-state index in [4.69, 9.17) is 4.74 Å². The molecule has 0 aliphatic rings. The number of nitro benzene ring substituents is 1. The molecular weight excluding hydrogens is 341 g/mol. The molecule has 0 unspecified atom stereocenters. The molecule has 0 amide bonds. The molecule has 2 rings (SSSR count). The molecule has 0 saturated heterocycles. The van der Waals surface area contributed by atoms with Crippen LogP contribution in [0.3, 0.4) is 0 Å². The molecule has 2 aromatic rings. The lowest BCUT2D eigenvalue weighted by Crippen LogP contribution is -2.18. The maximum Gasteiger partial charge on any atom is 0.423 e. The molecule has 134 valence electrons. The molecule has 0 bridgehead atoms. The first-order chi connectivity index (χ1) is 11.8. The molecule has 0 radical (unpaired) electrons. The van der Waals surface area contributed by atoms with Crippen molar-refractivity contribution in [3.63, 3.8) is 0 Å². The summed E-state index contributed by atoms with van der Waals surface area (Å²) in [6, 6.07) is 5.78. The molecule has 1 heterocycles. The Hall–Kier alpha value is -2.91. The highest BCUT2D eigenvalue weighted by Gasteiger charge is 2.36. The van der Waals surface area contributed by atoms with Gasteiger partial charge in [-0.2, -0.15) is 18.2 Å². The first-order valence-corrected chi connectivity index (χ1v) is 7.30. The van der Waals surface area contributed by atoms with E-state index in [1.54, 1.807) is 13.0 Å². The van der Waals surface area contributed by atoms with Crippen molar-refractivity contribution in [3.8, 4) is 5.88 Å². The van der Waals surface area contributed by atoms with E-state index in [1.807, 2.05) is 0 Å². The van der Waals surface area contributed by atoms with Gasteiger partial charge in [0, 0.05) is 19.3 Å². The van der Waals surface area contributed by atoms with Crippen molar-refractivity contribution < 1.29 is 22.8 Å². The second kappa shape index (κ2) is 7.32. The summed E-state index contributed by atoms with van der Waals surface area (Å²) in [7, 11) is 1.43. The van der Waals surface area contributed by atoms with Crippen LogP contribution in [0, 0.1) is 10.1 Å². The number of ether oxygens (including phenoxy) is 1. The van der Waals surface area contributed by atoms with Gasteiger partial charge < -0.3 is 9.64 Å². The van der Waals surface area contributed by atoms with Crippen molar-refractivity contribution in [3.05, 3.63) is 46.1 Å². The maximum atomic E-state index is 13.0. The van der Waals surface area contributed by atoms with Crippen molar-refractivity contribution in [2.24, 2.45) is 0 Å². The number of hydrogen-bond donors (Lipinski definition) is 0. The molecular formula is C15H15F3N4O3. The number of aromatic nitrogens is 2. The minimum atomic E-state index is -4.67. The predicted molar refractivity (Wildman–Crippen MR) is 84.0 cm³/mol. The van der Waals surface area contributed by atoms with Gasteiger partial charge >= 0.3 is 6.18 Å². The van der Waals surface area contributed by atoms with E-state index in [-0.39, 0.29) is 23.9 Å². The van der Waals surface area contributed by atoms with Gasteiger partial charge in [0.25, 0.3) is 5.69 Å². The van der Waals surface area contributed by atoms with Crippen LogP contribution in [0.2, 0.25) is 0 Å². The average molecular weight is 356 g/mol. The second-order valence-corrected chi connectivity index (χ2v) is 5.04. The Morgan fingerprint density at radius 2 is 2.00 bits per heavy atom. The fourth-order valence-corrected chi connectivity index (χ4v) is 2.03. The molecule has 0 aliphatic heterocycles. The SMILES string of the molecule is CCCOc1nc(N(C)c2ccccc2[N+](=O)[O-])ncc1C(F)(F)F. The van der Waals surface area contributed by atoms with Crippen LogP contribution in [0.5, 0.6) is 5.88 Å². The van der Waals surface area contributed by atoms with Gasteiger partial charge in [0.15, 0.2) is 0 Å². The second-order valence-electron chi connectivity index (χ2n) is 5.04. The number of nitrogens with zero attached hydrogens (tertiary/aromatic N) is 4. The summed E-state index contributed by atoms with van der Waals surface area (Å²) in [5, 5.41) is 11.1. The Balaban J connectivity index is 2.47. The van der Waals surface area contributed by atoms with E-state index >= 15 is 0 Å². The zero-order valence-electron chi connectivity index (χ0n) is 13.4. The molecule has 1 aromatic heterocycles. The molecule has 10 heteroatoms. The van der Waals surface area contributed by atoms with Crippen LogP contribution in [0.15, 0.2) is 30.5 Å². The maximum absolute atomic E-state index is 13.0. The lowest BCUT2D eigenvalue weighted by Gasteiger charge is -2.19. The minimum absolute atomic E-state index is 0.0503. The zero-order valence-corrected chi connectivity index (χ0v) is 13.4. The largest absolute Gasteiger partial charge is 0.477 e. The number of benzene rings is 1. The molecule has 0 aliphatic carbocycles. The Bertz CT molecular complexity index is 768. The monoisotopic (exact) mass is 356 g/mol. The fraction of sp³-hybridized carbons (Fsp3) is 0.333. The van der Waals surface area contributed by atoms with Gasteiger partial charge in [-0.1, -0.05) is 19.1 Å². The lowest BCUT2D eigenvalue weighted by atomic mass is 10.2. The number of halogens is 3. The molecule has 7 nitrogen and oxygen atoms in total. The molecule has 0 N–H and O–H groups in total. The van der Waals surface area contributed by atoms with Crippen LogP contribution in [0.4, 0.5) is 30.5 Å². The Kier molecular flexibility index (Phi) is 5.40. The Morgan fingerprint density at radius 3 is 2.60 bits per heavy atom. The standard InChI is InChI=1S/C15H15F3N4O3/c1-3-8-25-13-10(15(16,17)18)9-19-14(20-13)21(2)11-6-4-5-7-12(11)22(23)24/h4-7,9H,3,8H2,1-2H3. The first-order valence-electron chi connectivity index (χ1n) is 7.30. The number of nitro groups is 1. The summed E-state index contributed by atoms with van der Waals surface area (Å²) < 4.78 is 44.2. The van der Waals surface area contributed by atoms with Crippen LogP contribution in [-0.2, 0) is 6.18 Å². The van der Waals surface area contributed by atoms with Crippen LogP contribution in [0.1, 0.15) is 18.9 Å². The van der Waals surface area contributed by atoms with Crippen LogP contribution in [-0.4, -0.2) is 28.5 Å². The van der Waals surface area contributed by atoms with E-state index in [0.29, 0.717) is 12.6 Å². The third-order valence-corrected chi connectivity index (χ3v) is 3.23. The van der Waals surface area contributed by atoms with Gasteiger partial charge in [-0.05, 0) is 12.5 Å². The zero-order chi connectivity index (χ0) is 18.6. The summed E-state index contributed by atoms with van der Waals surface area (Å²) in [6.07, 6.45) is -3.56. The summed E-state index contributed by atoms with van der Waals surface area (Å²) in [5.41, 5.74) is -1.17. The number of anilines is 2. The summed E-state index contributed by atoms with van der Waals surface area (Å²) in [6.45, 7) is 1.80. The van der Waals surface area contributed by atoms with Crippen LogP contribution in [0.25, 0.3) is 0 Å². The minimum Gasteiger partial charge on any atom is -0.477 e. The van der Waals surface area contributed by atoms with Crippen molar-refractivity contribution in [1.29, 1.82) is 0 Å². The fourth-order valence-electron chi connectivity index (χ4n) is 2.03. The predicted octanol–water partition coefficient (Wildman–Crippen LogP) is 3.96.